The van der Waals surface area contributed by atoms with Gasteiger partial charge in [0, 0.05) is 19.7 Å². The van der Waals surface area contributed by atoms with Crippen molar-refractivity contribution in [1.82, 2.24) is 4.31 Å². The van der Waals surface area contributed by atoms with Crippen molar-refractivity contribution < 1.29 is 32.0 Å². The van der Waals surface area contributed by atoms with E-state index >= 15 is 0 Å². The van der Waals surface area contributed by atoms with Crippen molar-refractivity contribution in [2.45, 2.75) is 77.6 Å². The third-order valence-electron chi connectivity index (χ3n) is 7.20. The highest BCUT2D eigenvalue weighted by Gasteiger charge is 2.40. The molecule has 0 aliphatic carbocycles. The molecule has 2 saturated heterocycles. The first-order chi connectivity index (χ1) is 17.8. The van der Waals surface area contributed by atoms with Crippen LogP contribution < -0.4 is 4.74 Å². The number of aryl methyl sites for hydroxylation is 1. The molecule has 2 aromatic carbocycles. The highest BCUT2D eigenvalue weighted by molar-refractivity contribution is 7.84. The first-order valence-electron chi connectivity index (χ1n) is 13.2. The van der Waals surface area contributed by atoms with E-state index in [4.69, 9.17) is 13.7 Å². The summed E-state index contributed by atoms with van der Waals surface area (Å²) in [6, 6.07) is 13.8. The summed E-state index contributed by atoms with van der Waals surface area (Å²) in [5, 5.41) is 11.4. The standard InChI is InChI=1S/C29H39NO7S/c1-20-17-24(9-10-26(20)22-7-6-8-25(19-22)36-28(3,4)5)29(32)12-14-30(15-13-29)38(33,34)37-27(31)23-11-16-35-21(2)18-23/h6-10,17,19,21,23,32H,11-16,18H2,1-5H3. The van der Waals surface area contributed by atoms with Gasteiger partial charge in [-0.05, 0) is 94.7 Å². The fourth-order valence-electron chi connectivity index (χ4n) is 5.16. The van der Waals surface area contributed by atoms with Gasteiger partial charge in [0.05, 0.1) is 17.6 Å². The van der Waals surface area contributed by atoms with E-state index in [-0.39, 0.29) is 37.6 Å². The van der Waals surface area contributed by atoms with Gasteiger partial charge in [0.25, 0.3) is 0 Å². The highest BCUT2D eigenvalue weighted by atomic mass is 32.2. The molecule has 2 aliphatic rings. The zero-order valence-corrected chi connectivity index (χ0v) is 23.7. The second-order valence-corrected chi connectivity index (χ2v) is 13.0. The van der Waals surface area contributed by atoms with Gasteiger partial charge in [-0.1, -0.05) is 30.3 Å². The van der Waals surface area contributed by atoms with Crippen LogP contribution in [0.3, 0.4) is 0 Å². The minimum atomic E-state index is -4.23. The van der Waals surface area contributed by atoms with Crippen LogP contribution in [-0.2, 0) is 29.6 Å². The molecule has 8 nitrogen and oxygen atoms in total. The summed E-state index contributed by atoms with van der Waals surface area (Å²) in [6.07, 6.45) is 1.18. The number of carbonyl (C=O) groups excluding carboxylic acids is 1. The Morgan fingerprint density at radius 2 is 1.84 bits per heavy atom. The summed E-state index contributed by atoms with van der Waals surface area (Å²) >= 11 is 0. The van der Waals surface area contributed by atoms with Crippen LogP contribution in [0.1, 0.15) is 64.5 Å². The number of piperidine rings is 1. The highest BCUT2D eigenvalue weighted by Crippen LogP contribution is 2.37. The molecule has 38 heavy (non-hydrogen) atoms. The monoisotopic (exact) mass is 545 g/mol. The molecule has 0 spiro atoms. The van der Waals surface area contributed by atoms with E-state index in [0.717, 1.165) is 32.3 Å². The molecule has 208 valence electrons. The van der Waals surface area contributed by atoms with Crippen molar-refractivity contribution in [1.29, 1.82) is 0 Å². The smallest absolute Gasteiger partial charge is 0.387 e. The van der Waals surface area contributed by atoms with Crippen LogP contribution in [0.25, 0.3) is 11.1 Å². The third-order valence-corrected chi connectivity index (χ3v) is 8.58. The van der Waals surface area contributed by atoms with Gasteiger partial charge in [0.1, 0.15) is 11.4 Å². The van der Waals surface area contributed by atoms with Gasteiger partial charge >= 0.3 is 16.3 Å². The summed E-state index contributed by atoms with van der Waals surface area (Å²) in [5.74, 6) is -0.431. The number of benzene rings is 2. The molecule has 2 heterocycles. The van der Waals surface area contributed by atoms with Crippen molar-refractivity contribution in [3.63, 3.8) is 0 Å². The molecule has 4 rings (SSSR count). The van der Waals surface area contributed by atoms with Gasteiger partial charge in [-0.3, -0.25) is 4.79 Å². The fraction of sp³-hybridized carbons (Fsp3) is 0.552. The van der Waals surface area contributed by atoms with E-state index in [9.17, 15) is 18.3 Å². The minimum absolute atomic E-state index is 0.0588. The lowest BCUT2D eigenvalue weighted by atomic mass is 9.83. The van der Waals surface area contributed by atoms with Gasteiger partial charge in [0.15, 0.2) is 0 Å². The van der Waals surface area contributed by atoms with Crippen LogP contribution in [-0.4, -0.2) is 55.2 Å². The number of hydrogen-bond donors (Lipinski definition) is 1. The van der Waals surface area contributed by atoms with Gasteiger partial charge in [-0.2, -0.15) is 12.7 Å². The molecular weight excluding hydrogens is 506 g/mol. The van der Waals surface area contributed by atoms with Crippen LogP contribution >= 0.6 is 0 Å². The molecular formula is C29H39NO7S. The van der Waals surface area contributed by atoms with Gasteiger partial charge < -0.3 is 18.8 Å². The molecule has 9 heteroatoms. The summed E-state index contributed by atoms with van der Waals surface area (Å²) < 4.78 is 43.2. The fourth-order valence-corrected chi connectivity index (χ4v) is 6.24. The summed E-state index contributed by atoms with van der Waals surface area (Å²) in [7, 11) is -4.23. The van der Waals surface area contributed by atoms with Gasteiger partial charge in [0.2, 0.25) is 0 Å². The number of hydrogen-bond acceptors (Lipinski definition) is 7. The molecule has 2 fully saturated rings. The van der Waals surface area contributed by atoms with E-state index in [0.29, 0.717) is 19.4 Å². The van der Waals surface area contributed by atoms with E-state index < -0.39 is 27.8 Å². The lowest BCUT2D eigenvalue weighted by Crippen LogP contribution is -2.46. The Kier molecular flexibility index (Phi) is 8.23. The Morgan fingerprint density at radius 3 is 2.47 bits per heavy atom. The number of rotatable bonds is 6. The van der Waals surface area contributed by atoms with Crippen LogP contribution in [0.4, 0.5) is 0 Å². The predicted molar refractivity (Wildman–Crippen MR) is 145 cm³/mol. The SMILES string of the molecule is Cc1cc(C2(O)CCN(S(=O)(=O)OC(=O)C3CCOC(C)C3)CC2)ccc1-c1cccc(OC(C)(C)C)c1. The number of aliphatic hydroxyl groups is 1. The molecule has 2 aromatic rings. The Labute approximate surface area is 226 Å². The summed E-state index contributed by atoms with van der Waals surface area (Å²) in [5.41, 5.74) is 2.32. The van der Waals surface area contributed by atoms with Crippen molar-refractivity contribution in [3.05, 3.63) is 53.6 Å². The maximum absolute atomic E-state index is 12.8. The predicted octanol–water partition coefficient (Wildman–Crippen LogP) is 4.73. The molecule has 1 N–H and O–H groups in total. The third kappa shape index (κ3) is 6.75. The average molecular weight is 546 g/mol. The molecule has 2 unspecified atom stereocenters. The summed E-state index contributed by atoms with van der Waals surface area (Å²) in [4.78, 5) is 12.5. The quantitative estimate of drug-likeness (QED) is 0.560. The Morgan fingerprint density at radius 1 is 1.13 bits per heavy atom. The Bertz CT molecular complexity index is 1260. The largest absolute Gasteiger partial charge is 0.488 e. The van der Waals surface area contributed by atoms with Crippen molar-refractivity contribution >= 4 is 16.3 Å². The maximum atomic E-state index is 12.8. The van der Waals surface area contributed by atoms with Crippen LogP contribution in [0, 0.1) is 12.8 Å². The lowest BCUT2D eigenvalue weighted by molar-refractivity contribution is -0.143. The lowest BCUT2D eigenvalue weighted by Gasteiger charge is -2.37. The molecule has 0 radical (unpaired) electrons. The second kappa shape index (κ2) is 11.0. The maximum Gasteiger partial charge on any atom is 0.387 e. The molecule has 2 aliphatic heterocycles. The molecule has 0 saturated carbocycles. The molecule has 0 bridgehead atoms. The Hall–Kier alpha value is -2.46. The number of ether oxygens (including phenoxy) is 2. The molecule has 2 atom stereocenters. The van der Waals surface area contributed by atoms with E-state index in [1.165, 1.54) is 0 Å². The first-order valence-corrected chi connectivity index (χ1v) is 14.6. The number of carbonyl (C=O) groups is 1. The van der Waals surface area contributed by atoms with Gasteiger partial charge in [-0.15, -0.1) is 0 Å². The van der Waals surface area contributed by atoms with Gasteiger partial charge in [-0.25, -0.2) is 0 Å². The van der Waals surface area contributed by atoms with Crippen molar-refractivity contribution in [2.24, 2.45) is 5.92 Å². The average Bonchev–Trinajstić information content (AvgIpc) is 2.83. The number of nitrogens with zero attached hydrogens (tertiary/aromatic N) is 1. The summed E-state index contributed by atoms with van der Waals surface area (Å²) in [6.45, 7) is 10.4. The Balaban J connectivity index is 1.42. The second-order valence-electron chi connectivity index (χ2n) is 11.5. The van der Waals surface area contributed by atoms with Crippen LogP contribution in [0.5, 0.6) is 5.75 Å². The zero-order chi connectivity index (χ0) is 27.7. The van der Waals surface area contributed by atoms with Crippen molar-refractivity contribution in [2.75, 3.05) is 19.7 Å². The molecule has 0 amide bonds. The van der Waals surface area contributed by atoms with E-state index in [1.54, 1.807) is 0 Å². The zero-order valence-electron chi connectivity index (χ0n) is 22.9. The first kappa shape index (κ1) is 28.5. The topological polar surface area (TPSA) is 102 Å². The normalized spacial score (nSPS) is 22.6. The van der Waals surface area contributed by atoms with Crippen molar-refractivity contribution in [3.8, 4) is 16.9 Å². The van der Waals surface area contributed by atoms with Crippen LogP contribution in [0.2, 0.25) is 0 Å². The minimum Gasteiger partial charge on any atom is -0.488 e. The van der Waals surface area contributed by atoms with E-state index in [2.05, 4.69) is 0 Å². The molecule has 0 aromatic heterocycles. The van der Waals surface area contributed by atoms with E-state index in [1.807, 2.05) is 77.1 Å². The van der Waals surface area contributed by atoms with Crippen LogP contribution in [0.15, 0.2) is 42.5 Å².